The molecule has 2 aromatic rings. The van der Waals surface area contributed by atoms with Gasteiger partial charge in [-0.2, -0.15) is 0 Å². The number of anilines is 1. The van der Waals surface area contributed by atoms with Crippen molar-refractivity contribution in [1.82, 2.24) is 9.97 Å². The van der Waals surface area contributed by atoms with Crippen LogP contribution >= 0.6 is 15.9 Å². The van der Waals surface area contributed by atoms with Crippen LogP contribution in [0.15, 0.2) is 28.9 Å². The molecule has 0 aliphatic rings. The summed E-state index contributed by atoms with van der Waals surface area (Å²) < 4.78 is 26.7. The molecule has 2 rings (SSSR count). The summed E-state index contributed by atoms with van der Waals surface area (Å²) in [7, 11) is 0. The highest BCUT2D eigenvalue weighted by molar-refractivity contribution is 9.10. The van der Waals surface area contributed by atoms with Crippen LogP contribution in [0, 0.1) is 18.6 Å². The monoisotopic (exact) mass is 327 g/mol. The fourth-order valence-electron chi connectivity index (χ4n) is 1.71. The molecule has 0 atom stereocenters. The first-order chi connectivity index (χ1) is 9.02. The van der Waals surface area contributed by atoms with Gasteiger partial charge < -0.3 is 5.32 Å². The lowest BCUT2D eigenvalue weighted by atomic mass is 10.1. The molecule has 1 heterocycles. The van der Waals surface area contributed by atoms with Crippen LogP contribution < -0.4 is 5.32 Å². The van der Waals surface area contributed by atoms with E-state index in [0.717, 1.165) is 6.07 Å². The van der Waals surface area contributed by atoms with Gasteiger partial charge in [-0.1, -0.05) is 0 Å². The smallest absolute Gasteiger partial charge is 0.130 e. The molecule has 0 bridgehead atoms. The van der Waals surface area contributed by atoms with E-state index in [1.54, 1.807) is 13.0 Å². The minimum atomic E-state index is -0.560. The fourth-order valence-corrected chi connectivity index (χ4v) is 2.19. The molecule has 0 aliphatic heterocycles. The lowest BCUT2D eigenvalue weighted by molar-refractivity contribution is 0.580. The van der Waals surface area contributed by atoms with Crippen molar-refractivity contribution in [2.45, 2.75) is 13.3 Å². The van der Waals surface area contributed by atoms with Gasteiger partial charge in [0.05, 0.1) is 0 Å². The van der Waals surface area contributed by atoms with Gasteiger partial charge >= 0.3 is 0 Å². The van der Waals surface area contributed by atoms with E-state index < -0.39 is 11.6 Å². The van der Waals surface area contributed by atoms with Gasteiger partial charge in [-0.15, -0.1) is 0 Å². The molecule has 1 N–H and O–H groups in total. The third-order valence-electron chi connectivity index (χ3n) is 2.45. The van der Waals surface area contributed by atoms with E-state index in [-0.39, 0.29) is 0 Å². The van der Waals surface area contributed by atoms with Gasteiger partial charge in [0.15, 0.2) is 0 Å². The van der Waals surface area contributed by atoms with Crippen LogP contribution in [0.3, 0.4) is 0 Å². The van der Waals surface area contributed by atoms with Crippen molar-refractivity contribution in [2.24, 2.45) is 0 Å². The zero-order valence-electron chi connectivity index (χ0n) is 10.3. The normalized spacial score (nSPS) is 10.5. The highest BCUT2D eigenvalue weighted by atomic mass is 79.9. The van der Waals surface area contributed by atoms with Gasteiger partial charge in [-0.25, -0.2) is 18.7 Å². The number of nitrogens with one attached hydrogen (secondary N) is 1. The van der Waals surface area contributed by atoms with E-state index in [4.69, 9.17) is 0 Å². The Morgan fingerprint density at radius 3 is 2.42 bits per heavy atom. The number of nitrogens with zero attached hydrogens (tertiary/aromatic N) is 2. The van der Waals surface area contributed by atoms with Crippen molar-refractivity contribution in [3.05, 3.63) is 51.9 Å². The van der Waals surface area contributed by atoms with Crippen LogP contribution in [0.2, 0.25) is 0 Å². The van der Waals surface area contributed by atoms with E-state index in [0.29, 0.717) is 34.8 Å². The molecule has 0 aliphatic carbocycles. The summed E-state index contributed by atoms with van der Waals surface area (Å²) in [4.78, 5) is 8.29. The molecule has 0 amide bonds. The largest absolute Gasteiger partial charge is 0.370 e. The van der Waals surface area contributed by atoms with Gasteiger partial charge in [-0.05, 0) is 47.0 Å². The van der Waals surface area contributed by atoms with Gasteiger partial charge in [0.25, 0.3) is 0 Å². The Labute approximate surface area is 118 Å². The molecule has 0 radical (unpaired) electrons. The van der Waals surface area contributed by atoms with Crippen molar-refractivity contribution in [3.63, 3.8) is 0 Å². The Balaban J connectivity index is 1.96. The second-order valence-electron chi connectivity index (χ2n) is 4.08. The second-order valence-corrected chi connectivity index (χ2v) is 4.89. The standard InChI is InChI=1S/C13H12BrF2N3/c1-8-18-12(14)7-13(19-8)17-3-2-9-4-10(15)6-11(16)5-9/h4-7H,2-3H2,1H3,(H,17,18,19). The van der Waals surface area contributed by atoms with Gasteiger partial charge in [-0.3, -0.25) is 0 Å². The second kappa shape index (κ2) is 6.06. The molecule has 0 fully saturated rings. The molecule has 3 nitrogen and oxygen atoms in total. The third kappa shape index (κ3) is 4.24. The maximum absolute atomic E-state index is 13.0. The summed E-state index contributed by atoms with van der Waals surface area (Å²) in [6, 6.07) is 5.26. The Kier molecular flexibility index (Phi) is 4.42. The van der Waals surface area contributed by atoms with Crippen molar-refractivity contribution in [3.8, 4) is 0 Å². The Hall–Kier alpha value is -1.56. The van der Waals surface area contributed by atoms with Gasteiger partial charge in [0.1, 0.15) is 27.9 Å². The average molecular weight is 328 g/mol. The lowest BCUT2D eigenvalue weighted by Gasteiger charge is -2.07. The Morgan fingerprint density at radius 1 is 1.11 bits per heavy atom. The van der Waals surface area contributed by atoms with Crippen LogP contribution in [0.25, 0.3) is 0 Å². The van der Waals surface area contributed by atoms with Gasteiger partial charge in [0, 0.05) is 18.7 Å². The molecule has 1 aromatic heterocycles. The molecule has 100 valence electrons. The van der Waals surface area contributed by atoms with E-state index in [1.807, 2.05) is 0 Å². The first-order valence-electron chi connectivity index (χ1n) is 5.73. The molecular weight excluding hydrogens is 316 g/mol. The first kappa shape index (κ1) is 13.9. The summed E-state index contributed by atoms with van der Waals surface area (Å²) in [6.07, 6.45) is 0.509. The van der Waals surface area contributed by atoms with Crippen molar-refractivity contribution in [1.29, 1.82) is 0 Å². The first-order valence-corrected chi connectivity index (χ1v) is 6.52. The minimum absolute atomic E-state index is 0.509. The van der Waals surface area contributed by atoms with Crippen LogP contribution in [0.1, 0.15) is 11.4 Å². The summed E-state index contributed by atoms with van der Waals surface area (Å²) in [6.45, 7) is 2.32. The maximum atomic E-state index is 13.0. The van der Waals surface area contributed by atoms with E-state index in [1.165, 1.54) is 12.1 Å². The van der Waals surface area contributed by atoms with Crippen molar-refractivity contribution >= 4 is 21.7 Å². The number of hydrogen-bond donors (Lipinski definition) is 1. The predicted molar refractivity (Wildman–Crippen MR) is 73.0 cm³/mol. The molecule has 0 spiro atoms. The number of hydrogen-bond acceptors (Lipinski definition) is 3. The number of aryl methyl sites for hydroxylation is 1. The van der Waals surface area contributed by atoms with Crippen molar-refractivity contribution < 1.29 is 8.78 Å². The van der Waals surface area contributed by atoms with Crippen LogP contribution in [-0.4, -0.2) is 16.5 Å². The highest BCUT2D eigenvalue weighted by Gasteiger charge is 2.02. The number of halogens is 3. The summed E-state index contributed by atoms with van der Waals surface area (Å²) in [5.74, 6) is 0.205. The fraction of sp³-hybridized carbons (Fsp3) is 0.231. The Morgan fingerprint density at radius 2 is 1.79 bits per heavy atom. The highest BCUT2D eigenvalue weighted by Crippen LogP contribution is 2.13. The summed E-state index contributed by atoms with van der Waals surface area (Å²) in [5, 5.41) is 3.09. The number of aromatic nitrogens is 2. The quantitative estimate of drug-likeness (QED) is 0.873. The third-order valence-corrected chi connectivity index (χ3v) is 2.86. The SMILES string of the molecule is Cc1nc(Br)cc(NCCc2cc(F)cc(F)c2)n1. The average Bonchev–Trinajstić information content (AvgIpc) is 2.26. The molecule has 0 saturated heterocycles. The van der Waals surface area contributed by atoms with E-state index >= 15 is 0 Å². The molecule has 6 heteroatoms. The molecule has 19 heavy (non-hydrogen) atoms. The van der Waals surface area contributed by atoms with Crippen LogP contribution in [0.4, 0.5) is 14.6 Å². The Bertz CT molecular complexity index is 498. The van der Waals surface area contributed by atoms with Crippen LogP contribution in [0.5, 0.6) is 0 Å². The minimum Gasteiger partial charge on any atom is -0.370 e. The zero-order valence-corrected chi connectivity index (χ0v) is 11.8. The topological polar surface area (TPSA) is 37.8 Å². The van der Waals surface area contributed by atoms with Crippen molar-refractivity contribution in [2.75, 3.05) is 11.9 Å². The van der Waals surface area contributed by atoms with Gasteiger partial charge in [0.2, 0.25) is 0 Å². The van der Waals surface area contributed by atoms with Crippen LogP contribution in [-0.2, 0) is 6.42 Å². The molecule has 1 aromatic carbocycles. The number of rotatable bonds is 4. The molecule has 0 saturated carbocycles. The molecular formula is C13H12BrF2N3. The summed E-state index contributed by atoms with van der Waals surface area (Å²) in [5.41, 5.74) is 0.606. The number of benzene rings is 1. The van der Waals surface area contributed by atoms with E-state index in [9.17, 15) is 8.78 Å². The zero-order chi connectivity index (χ0) is 13.8. The van der Waals surface area contributed by atoms with E-state index in [2.05, 4.69) is 31.2 Å². The molecule has 0 unspecified atom stereocenters. The summed E-state index contributed by atoms with van der Waals surface area (Å²) >= 11 is 3.28. The lowest BCUT2D eigenvalue weighted by Crippen LogP contribution is -2.07. The maximum Gasteiger partial charge on any atom is 0.130 e. The predicted octanol–water partition coefficient (Wildman–Crippen LogP) is 3.48.